The highest BCUT2D eigenvalue weighted by Gasteiger charge is 2.18. The number of ether oxygens (including phenoxy) is 2. The van der Waals surface area contributed by atoms with E-state index in [4.69, 9.17) is 21.1 Å². The fourth-order valence-corrected chi connectivity index (χ4v) is 1.94. The van der Waals surface area contributed by atoms with Crippen molar-refractivity contribution < 1.29 is 18.4 Å². The molecular formula is C12H12ClFNO2+. The van der Waals surface area contributed by atoms with E-state index in [1.165, 1.54) is 13.2 Å². The lowest BCUT2D eigenvalue weighted by Crippen LogP contribution is -2.29. The van der Waals surface area contributed by atoms with Gasteiger partial charge >= 0.3 is 0 Å². The second kappa shape index (κ2) is 4.37. The number of pyridine rings is 1. The van der Waals surface area contributed by atoms with Crippen molar-refractivity contribution in [3.8, 4) is 11.5 Å². The Bertz CT molecular complexity index is 586. The van der Waals surface area contributed by atoms with E-state index in [9.17, 15) is 4.39 Å². The molecule has 0 N–H and O–H groups in total. The summed E-state index contributed by atoms with van der Waals surface area (Å²) in [5.74, 6) is 0.334. The first-order valence-electron chi connectivity index (χ1n) is 4.98. The molecule has 2 aromatic rings. The molecule has 0 aliphatic heterocycles. The highest BCUT2D eigenvalue weighted by molar-refractivity contribution is 6.33. The third-order valence-electron chi connectivity index (χ3n) is 2.62. The number of rotatable bonds is 2. The third-order valence-corrected chi connectivity index (χ3v) is 3.09. The summed E-state index contributed by atoms with van der Waals surface area (Å²) in [5.41, 5.74) is 0. The minimum Gasteiger partial charge on any atom is -0.494 e. The van der Waals surface area contributed by atoms with Gasteiger partial charge in [0.2, 0.25) is 6.20 Å². The quantitative estimate of drug-likeness (QED) is 0.608. The van der Waals surface area contributed by atoms with E-state index in [0.717, 1.165) is 0 Å². The number of hydrogen-bond acceptors (Lipinski definition) is 2. The first-order valence-corrected chi connectivity index (χ1v) is 5.35. The van der Waals surface area contributed by atoms with Crippen LogP contribution in [0.15, 0.2) is 18.3 Å². The lowest BCUT2D eigenvalue weighted by atomic mass is 10.1. The monoisotopic (exact) mass is 256 g/mol. The molecule has 17 heavy (non-hydrogen) atoms. The van der Waals surface area contributed by atoms with Gasteiger partial charge in [-0.25, -0.2) is 4.39 Å². The Kier molecular flexibility index (Phi) is 3.07. The molecule has 0 bridgehead atoms. The Morgan fingerprint density at radius 1 is 1.12 bits per heavy atom. The van der Waals surface area contributed by atoms with Crippen LogP contribution in [-0.4, -0.2) is 14.2 Å². The van der Waals surface area contributed by atoms with Crippen LogP contribution in [0, 0.1) is 5.82 Å². The fourth-order valence-electron chi connectivity index (χ4n) is 1.74. The van der Waals surface area contributed by atoms with Gasteiger partial charge in [0, 0.05) is 5.39 Å². The van der Waals surface area contributed by atoms with Crippen LogP contribution in [0.5, 0.6) is 11.5 Å². The van der Waals surface area contributed by atoms with Crippen molar-refractivity contribution in [2.24, 2.45) is 7.05 Å². The summed E-state index contributed by atoms with van der Waals surface area (Å²) >= 11 is 6.12. The van der Waals surface area contributed by atoms with Crippen molar-refractivity contribution in [2.45, 2.75) is 0 Å². The summed E-state index contributed by atoms with van der Waals surface area (Å²) in [6.07, 6.45) is 1.74. The minimum absolute atomic E-state index is 0.167. The van der Waals surface area contributed by atoms with Gasteiger partial charge in [0.15, 0.2) is 17.3 Å². The lowest BCUT2D eigenvalue weighted by Gasteiger charge is -2.08. The van der Waals surface area contributed by atoms with Gasteiger partial charge in [0.05, 0.1) is 19.6 Å². The predicted molar refractivity (Wildman–Crippen MR) is 63.2 cm³/mol. The highest BCUT2D eigenvalue weighted by Crippen LogP contribution is 2.33. The molecule has 1 heterocycles. The molecule has 0 radical (unpaired) electrons. The molecule has 0 unspecified atom stereocenters. The summed E-state index contributed by atoms with van der Waals surface area (Å²) in [6.45, 7) is 0. The van der Waals surface area contributed by atoms with E-state index in [0.29, 0.717) is 21.7 Å². The molecule has 0 aliphatic rings. The Morgan fingerprint density at radius 3 is 2.35 bits per heavy atom. The number of halogens is 2. The number of nitrogens with zero attached hydrogens (tertiary/aromatic N) is 1. The summed E-state index contributed by atoms with van der Waals surface area (Å²) in [5, 5.41) is 1.75. The topological polar surface area (TPSA) is 22.3 Å². The first-order chi connectivity index (χ1) is 8.08. The Labute approximate surface area is 103 Å². The maximum Gasteiger partial charge on any atom is 0.282 e. The van der Waals surface area contributed by atoms with Crippen LogP contribution in [0.1, 0.15) is 0 Å². The number of fused-ring (bicyclic) bond motifs is 1. The van der Waals surface area contributed by atoms with Crippen molar-refractivity contribution in [1.82, 2.24) is 0 Å². The van der Waals surface area contributed by atoms with Gasteiger partial charge in [0.25, 0.3) is 5.15 Å². The number of aryl methyl sites for hydroxylation is 1. The van der Waals surface area contributed by atoms with Gasteiger partial charge in [-0.2, -0.15) is 4.57 Å². The Hall–Kier alpha value is -1.55. The molecular weight excluding hydrogens is 245 g/mol. The number of benzene rings is 1. The predicted octanol–water partition coefficient (Wildman–Crippen LogP) is 2.47. The second-order valence-corrected chi connectivity index (χ2v) is 3.99. The van der Waals surface area contributed by atoms with Crippen LogP contribution in [0.25, 0.3) is 10.8 Å². The van der Waals surface area contributed by atoms with E-state index < -0.39 is 5.82 Å². The number of aromatic nitrogens is 1. The van der Waals surface area contributed by atoms with E-state index in [1.807, 2.05) is 0 Å². The third kappa shape index (κ3) is 1.89. The standard InChI is InChI=1S/C12H12ClFNO2/c1-15-6-11(17-3)7-5-10(16-2)9(14)4-8(7)12(15)13/h4-6H,1-3H3/q+1. The van der Waals surface area contributed by atoms with Crippen LogP contribution in [-0.2, 0) is 7.05 Å². The van der Waals surface area contributed by atoms with Crippen LogP contribution in [0.2, 0.25) is 5.15 Å². The molecule has 2 rings (SSSR count). The lowest BCUT2D eigenvalue weighted by molar-refractivity contribution is -0.668. The molecule has 5 heteroatoms. The van der Waals surface area contributed by atoms with Gasteiger partial charge in [-0.3, -0.25) is 0 Å². The molecule has 0 atom stereocenters. The maximum atomic E-state index is 13.6. The fraction of sp³-hybridized carbons (Fsp3) is 0.250. The van der Waals surface area contributed by atoms with Crippen LogP contribution >= 0.6 is 11.6 Å². The largest absolute Gasteiger partial charge is 0.494 e. The number of hydrogen-bond donors (Lipinski definition) is 0. The van der Waals surface area contributed by atoms with Crippen molar-refractivity contribution in [1.29, 1.82) is 0 Å². The SMILES string of the molecule is COc1cc2c(OC)c[n+](C)c(Cl)c2cc1F. The summed E-state index contributed by atoms with van der Waals surface area (Å²) in [7, 11) is 4.74. The summed E-state index contributed by atoms with van der Waals surface area (Å²) in [6, 6.07) is 2.92. The normalized spacial score (nSPS) is 10.6. The van der Waals surface area contributed by atoms with Gasteiger partial charge in [-0.15, -0.1) is 0 Å². The molecule has 0 fully saturated rings. The minimum atomic E-state index is -0.449. The van der Waals surface area contributed by atoms with Crippen molar-refractivity contribution in [3.63, 3.8) is 0 Å². The molecule has 3 nitrogen and oxygen atoms in total. The van der Waals surface area contributed by atoms with E-state index in [-0.39, 0.29) is 5.75 Å². The smallest absolute Gasteiger partial charge is 0.282 e. The summed E-state index contributed by atoms with van der Waals surface area (Å²) < 4.78 is 25.5. The highest BCUT2D eigenvalue weighted by atomic mass is 35.5. The zero-order chi connectivity index (χ0) is 12.6. The molecule has 1 aromatic carbocycles. The van der Waals surface area contributed by atoms with Gasteiger partial charge < -0.3 is 9.47 Å². The molecule has 0 saturated carbocycles. The molecule has 1 aromatic heterocycles. The number of methoxy groups -OCH3 is 2. The van der Waals surface area contributed by atoms with Gasteiger partial charge in [-0.1, -0.05) is 0 Å². The molecule has 0 spiro atoms. The van der Waals surface area contributed by atoms with Crippen molar-refractivity contribution in [2.75, 3.05) is 14.2 Å². The Balaban J connectivity index is 2.88. The van der Waals surface area contributed by atoms with Crippen LogP contribution in [0.3, 0.4) is 0 Å². The van der Waals surface area contributed by atoms with Crippen molar-refractivity contribution >= 4 is 22.4 Å². The van der Waals surface area contributed by atoms with Gasteiger partial charge in [-0.05, 0) is 23.7 Å². The van der Waals surface area contributed by atoms with Crippen molar-refractivity contribution in [3.05, 3.63) is 29.3 Å². The molecule has 0 amide bonds. The van der Waals surface area contributed by atoms with E-state index in [1.54, 1.807) is 31.0 Å². The average molecular weight is 257 g/mol. The van der Waals surface area contributed by atoms with Crippen LogP contribution in [0.4, 0.5) is 4.39 Å². The Morgan fingerprint density at radius 2 is 1.76 bits per heavy atom. The molecule has 0 aliphatic carbocycles. The maximum absolute atomic E-state index is 13.6. The molecule has 0 saturated heterocycles. The zero-order valence-electron chi connectivity index (χ0n) is 9.75. The van der Waals surface area contributed by atoms with E-state index in [2.05, 4.69) is 0 Å². The average Bonchev–Trinajstić information content (AvgIpc) is 2.33. The van der Waals surface area contributed by atoms with E-state index >= 15 is 0 Å². The second-order valence-electron chi connectivity index (χ2n) is 3.63. The summed E-state index contributed by atoms with van der Waals surface area (Å²) in [4.78, 5) is 0. The zero-order valence-corrected chi connectivity index (χ0v) is 10.5. The first kappa shape index (κ1) is 11.9. The van der Waals surface area contributed by atoms with Gasteiger partial charge in [0.1, 0.15) is 7.05 Å². The molecule has 90 valence electrons. The van der Waals surface area contributed by atoms with Crippen LogP contribution < -0.4 is 14.0 Å².